The highest BCUT2D eigenvalue weighted by Gasteiger charge is 2.31. The first kappa shape index (κ1) is 19.2. The van der Waals surface area contributed by atoms with E-state index in [1.807, 2.05) is 30.3 Å². The van der Waals surface area contributed by atoms with Gasteiger partial charge < -0.3 is 20.9 Å². The molecule has 0 spiro atoms. The Morgan fingerprint density at radius 1 is 0.964 bits per heavy atom. The van der Waals surface area contributed by atoms with E-state index in [1.54, 1.807) is 18.2 Å². The molecule has 7 heteroatoms. The Labute approximate surface area is 167 Å². The van der Waals surface area contributed by atoms with Gasteiger partial charge in [-0.25, -0.2) is 0 Å². The van der Waals surface area contributed by atoms with E-state index in [-0.39, 0.29) is 0 Å². The Hall–Kier alpha value is -3.55. The maximum atomic E-state index is 9.55. The van der Waals surface area contributed by atoms with Crippen molar-refractivity contribution in [3.8, 4) is 23.6 Å². The van der Waals surface area contributed by atoms with Gasteiger partial charge in [0.25, 0.3) is 0 Å². The van der Waals surface area contributed by atoms with Crippen molar-refractivity contribution in [3.05, 3.63) is 80.9 Å². The first-order valence-corrected chi connectivity index (χ1v) is 9.22. The number of hydrogen-bond acceptors (Lipinski definition) is 7. The summed E-state index contributed by atoms with van der Waals surface area (Å²) in [6, 6.07) is 19.3. The average Bonchev–Trinajstić information content (AvgIpc) is 2.72. The SMILES string of the molecule is COc1cc(C2C(C#N)=C(N)SC(N)=C2C#N)ccc1OCc1ccccc1. The van der Waals surface area contributed by atoms with E-state index in [9.17, 15) is 10.5 Å². The molecule has 0 aliphatic carbocycles. The zero-order chi connectivity index (χ0) is 20.1. The lowest BCUT2D eigenvalue weighted by Gasteiger charge is -2.24. The highest BCUT2D eigenvalue weighted by atomic mass is 32.2. The number of ether oxygens (including phenoxy) is 2. The van der Waals surface area contributed by atoms with Gasteiger partial charge in [0.2, 0.25) is 0 Å². The minimum Gasteiger partial charge on any atom is -0.493 e. The van der Waals surface area contributed by atoms with Crippen molar-refractivity contribution >= 4 is 11.8 Å². The third kappa shape index (κ3) is 3.75. The smallest absolute Gasteiger partial charge is 0.161 e. The summed E-state index contributed by atoms with van der Waals surface area (Å²) < 4.78 is 11.3. The molecule has 0 amide bonds. The van der Waals surface area contributed by atoms with Crippen molar-refractivity contribution in [2.45, 2.75) is 12.5 Å². The molecule has 0 aromatic heterocycles. The number of allylic oxidation sites excluding steroid dienone is 2. The van der Waals surface area contributed by atoms with E-state index in [1.165, 1.54) is 7.11 Å². The number of hydrogen-bond donors (Lipinski definition) is 2. The Morgan fingerprint density at radius 3 is 2.18 bits per heavy atom. The third-order valence-corrected chi connectivity index (χ3v) is 5.21. The summed E-state index contributed by atoms with van der Waals surface area (Å²) in [5.74, 6) is 0.429. The van der Waals surface area contributed by atoms with Gasteiger partial charge in [0.1, 0.15) is 6.61 Å². The van der Waals surface area contributed by atoms with Crippen molar-refractivity contribution < 1.29 is 9.47 Å². The van der Waals surface area contributed by atoms with Crippen molar-refractivity contribution in [2.24, 2.45) is 11.5 Å². The third-order valence-electron chi connectivity index (χ3n) is 4.33. The Bertz CT molecular complexity index is 997. The molecule has 0 radical (unpaired) electrons. The molecule has 4 N–H and O–H groups in total. The van der Waals surface area contributed by atoms with Gasteiger partial charge in [-0.2, -0.15) is 10.5 Å². The molecule has 3 rings (SSSR count). The van der Waals surface area contributed by atoms with E-state index < -0.39 is 5.92 Å². The quantitative estimate of drug-likeness (QED) is 0.802. The highest BCUT2D eigenvalue weighted by molar-refractivity contribution is 8.06. The number of nitriles is 2. The molecule has 1 aliphatic heterocycles. The topological polar surface area (TPSA) is 118 Å². The molecule has 0 atom stereocenters. The van der Waals surface area contributed by atoms with E-state index >= 15 is 0 Å². The van der Waals surface area contributed by atoms with Crippen LogP contribution in [0.4, 0.5) is 0 Å². The summed E-state index contributed by atoms with van der Waals surface area (Å²) in [5.41, 5.74) is 14.3. The predicted molar refractivity (Wildman–Crippen MR) is 108 cm³/mol. The molecular weight excluding hydrogens is 372 g/mol. The number of methoxy groups -OCH3 is 1. The minimum atomic E-state index is -0.631. The number of thioether (sulfide) groups is 1. The van der Waals surface area contributed by atoms with Crippen LogP contribution in [0.25, 0.3) is 0 Å². The van der Waals surface area contributed by atoms with Crippen molar-refractivity contribution in [1.29, 1.82) is 10.5 Å². The molecule has 0 saturated heterocycles. The minimum absolute atomic E-state index is 0.298. The molecule has 1 heterocycles. The number of rotatable bonds is 5. The molecular formula is C21H18N4O2S. The number of benzene rings is 2. The van der Waals surface area contributed by atoms with Crippen LogP contribution in [0, 0.1) is 22.7 Å². The van der Waals surface area contributed by atoms with Crippen molar-refractivity contribution in [1.82, 2.24) is 0 Å². The lowest BCUT2D eigenvalue weighted by atomic mass is 9.85. The van der Waals surface area contributed by atoms with Crippen LogP contribution in [-0.4, -0.2) is 7.11 Å². The molecule has 0 bridgehead atoms. The fourth-order valence-electron chi connectivity index (χ4n) is 2.95. The lowest BCUT2D eigenvalue weighted by Crippen LogP contribution is -2.18. The molecule has 2 aromatic rings. The van der Waals surface area contributed by atoms with Gasteiger partial charge in [-0.05, 0) is 23.3 Å². The van der Waals surface area contributed by atoms with Gasteiger partial charge in [-0.3, -0.25) is 0 Å². The summed E-state index contributed by atoms with van der Waals surface area (Å²) in [6.07, 6.45) is 0. The summed E-state index contributed by atoms with van der Waals surface area (Å²) in [7, 11) is 1.54. The summed E-state index contributed by atoms with van der Waals surface area (Å²) in [5, 5.41) is 19.7. The summed E-state index contributed by atoms with van der Waals surface area (Å²) >= 11 is 1.04. The molecule has 0 fully saturated rings. The molecule has 140 valence electrons. The van der Waals surface area contributed by atoms with Gasteiger partial charge in [0, 0.05) is 0 Å². The number of nitrogens with two attached hydrogens (primary N) is 2. The van der Waals surface area contributed by atoms with Crippen LogP contribution in [0.1, 0.15) is 17.0 Å². The van der Waals surface area contributed by atoms with E-state index in [4.69, 9.17) is 20.9 Å². The first-order valence-electron chi connectivity index (χ1n) is 8.41. The van der Waals surface area contributed by atoms with Crippen LogP contribution in [0.2, 0.25) is 0 Å². The summed E-state index contributed by atoms with van der Waals surface area (Å²) in [6.45, 7) is 0.392. The van der Waals surface area contributed by atoms with Gasteiger partial charge in [0.15, 0.2) is 11.5 Å². The fourth-order valence-corrected chi connectivity index (χ4v) is 3.73. The molecule has 0 unspecified atom stereocenters. The Kier molecular flexibility index (Phi) is 5.78. The van der Waals surface area contributed by atoms with Crippen LogP contribution >= 0.6 is 11.8 Å². The number of nitrogens with zero attached hydrogens (tertiary/aromatic N) is 2. The van der Waals surface area contributed by atoms with Crippen LogP contribution in [0.3, 0.4) is 0 Å². The van der Waals surface area contributed by atoms with Gasteiger partial charge in [-0.1, -0.05) is 48.2 Å². The second kappa shape index (κ2) is 8.43. The first-order chi connectivity index (χ1) is 13.6. The molecule has 28 heavy (non-hydrogen) atoms. The van der Waals surface area contributed by atoms with Crippen molar-refractivity contribution in [2.75, 3.05) is 7.11 Å². The zero-order valence-corrected chi connectivity index (χ0v) is 16.0. The Morgan fingerprint density at radius 2 is 1.61 bits per heavy atom. The van der Waals surface area contributed by atoms with E-state index in [0.29, 0.717) is 44.9 Å². The van der Waals surface area contributed by atoms with Gasteiger partial charge in [-0.15, -0.1) is 0 Å². The van der Waals surface area contributed by atoms with Crippen LogP contribution < -0.4 is 20.9 Å². The average molecular weight is 390 g/mol. The second-order valence-electron chi connectivity index (χ2n) is 6.00. The molecule has 0 saturated carbocycles. The summed E-state index contributed by atoms with van der Waals surface area (Å²) in [4.78, 5) is 0. The highest BCUT2D eigenvalue weighted by Crippen LogP contribution is 2.44. The normalized spacial score (nSPS) is 14.4. The van der Waals surface area contributed by atoms with Crippen LogP contribution in [0.15, 0.2) is 69.7 Å². The monoisotopic (exact) mass is 390 g/mol. The van der Waals surface area contributed by atoms with Gasteiger partial charge >= 0.3 is 0 Å². The molecule has 2 aromatic carbocycles. The van der Waals surface area contributed by atoms with E-state index in [2.05, 4.69) is 12.1 Å². The maximum Gasteiger partial charge on any atom is 0.161 e. The van der Waals surface area contributed by atoms with Crippen LogP contribution in [-0.2, 0) is 6.61 Å². The van der Waals surface area contributed by atoms with Crippen molar-refractivity contribution in [3.63, 3.8) is 0 Å². The largest absolute Gasteiger partial charge is 0.493 e. The predicted octanol–water partition coefficient (Wildman–Crippen LogP) is 3.49. The molecule has 6 nitrogen and oxygen atoms in total. The fraction of sp³-hybridized carbons (Fsp3) is 0.143. The molecule has 1 aliphatic rings. The maximum absolute atomic E-state index is 9.55. The Balaban J connectivity index is 1.95. The van der Waals surface area contributed by atoms with Crippen LogP contribution in [0.5, 0.6) is 11.5 Å². The standard InChI is InChI=1S/C21H18N4O2S/c1-26-18-9-14(7-8-17(18)27-12-13-5-3-2-4-6-13)19-15(10-22)20(24)28-21(25)16(19)11-23/h2-9,19H,12,24-25H2,1H3. The lowest BCUT2D eigenvalue weighted by molar-refractivity contribution is 0.284. The zero-order valence-electron chi connectivity index (χ0n) is 15.2. The second-order valence-corrected chi connectivity index (χ2v) is 7.08. The van der Waals surface area contributed by atoms with E-state index in [0.717, 1.165) is 17.3 Å². The van der Waals surface area contributed by atoms with Gasteiger partial charge in [0.05, 0.1) is 46.4 Å².